The van der Waals surface area contributed by atoms with Gasteiger partial charge < -0.3 is 13.5 Å². The van der Waals surface area contributed by atoms with E-state index in [1.54, 1.807) is 22.5 Å². The summed E-state index contributed by atoms with van der Waals surface area (Å²) < 4.78 is 0. The quantitative estimate of drug-likeness (QED) is 0.330. The Balaban J connectivity index is -0.00000000500. The third-order valence-electron chi connectivity index (χ3n) is 0. The van der Waals surface area contributed by atoms with E-state index in [0.717, 1.165) is 0 Å². The van der Waals surface area contributed by atoms with E-state index in [1.165, 1.54) is 0 Å². The van der Waals surface area contributed by atoms with Crippen molar-refractivity contribution in [2.45, 2.75) is 4.94 Å². The van der Waals surface area contributed by atoms with Crippen molar-refractivity contribution in [2.24, 2.45) is 0 Å². The molecule has 0 aromatic rings. The standard InChI is InChI=1S/CH3.H2S.2Sn/h1H3;1H2;;/q;;;+1/p-1. The van der Waals surface area contributed by atoms with Gasteiger partial charge in [-0.05, 0) is 0 Å². The minimum absolute atomic E-state index is 0. The molecule has 0 spiro atoms. The van der Waals surface area contributed by atoms with E-state index in [0.29, 0.717) is 0 Å². The molecule has 0 aliphatic carbocycles. The predicted octanol–water partition coefficient (Wildman–Crippen LogP) is -0.448. The Morgan fingerprint density at radius 2 is 1.25 bits per heavy atom. The minimum Gasteiger partial charge on any atom is -0.813 e. The van der Waals surface area contributed by atoms with Gasteiger partial charge in [0, 0.05) is 23.9 Å². The maximum atomic E-state index is 2.09. The maximum absolute atomic E-state index is 2.09. The summed E-state index contributed by atoms with van der Waals surface area (Å²) in [7, 11) is 0. The van der Waals surface area contributed by atoms with Crippen LogP contribution in [-0.4, -0.2) is 46.4 Å². The molecule has 0 nitrogen and oxygen atoms in total. The normalized spacial score (nSPS) is 1.25. The van der Waals surface area contributed by atoms with Crippen LogP contribution < -0.4 is 0 Å². The zero-order valence-electron chi connectivity index (χ0n) is 2.45. The Bertz CT molecular complexity index is 6.00. The monoisotopic (exact) mass is 288 g/mol. The Hall–Kier alpha value is 1.95. The second-order valence-electron chi connectivity index (χ2n) is 0. The second kappa shape index (κ2) is 20.3. The van der Waals surface area contributed by atoms with E-state index in [1.807, 2.05) is 0 Å². The summed E-state index contributed by atoms with van der Waals surface area (Å²) in [6.45, 7) is 0. The van der Waals surface area contributed by atoms with E-state index < -0.39 is 0 Å². The number of rotatable bonds is 0. The molecule has 0 rings (SSSR count). The molecule has 0 amide bonds. The molecule has 0 atom stereocenters. The molecule has 0 N–H and O–H groups in total. The zero-order chi connectivity index (χ0) is 2.00. The van der Waals surface area contributed by atoms with E-state index in [9.17, 15) is 0 Å². The van der Waals surface area contributed by atoms with Gasteiger partial charge in [-0.25, -0.2) is 0 Å². The van der Waals surface area contributed by atoms with Crippen molar-refractivity contribution in [1.82, 2.24) is 0 Å². The molecule has 0 bridgehead atoms. The molecule has 6 radical (unpaired) electrons. The van der Waals surface area contributed by atoms with Gasteiger partial charge in [0.05, 0.1) is 0 Å². The molecule has 22 valence electrons. The number of hydrogen-bond acceptors (Lipinski definition) is 1. The van der Waals surface area contributed by atoms with Crippen molar-refractivity contribution in [3.63, 3.8) is 0 Å². The molecular weight excluding hydrogens is 282 g/mol. The van der Waals surface area contributed by atoms with Crippen molar-refractivity contribution >= 4 is 59.9 Å². The summed E-state index contributed by atoms with van der Waals surface area (Å²) in [4.78, 5) is 2.09. The van der Waals surface area contributed by atoms with Crippen LogP contribution in [0.4, 0.5) is 0 Å². The van der Waals surface area contributed by atoms with E-state index >= 15 is 0 Å². The zero-order valence-corrected chi connectivity index (χ0v) is 9.05. The Morgan fingerprint density at radius 1 is 1.25 bits per heavy atom. The van der Waals surface area contributed by atoms with Crippen LogP contribution in [-0.2, 0) is 13.5 Å². The molecule has 0 aliphatic heterocycles. The van der Waals surface area contributed by atoms with Gasteiger partial charge in [0.25, 0.3) is 0 Å². The van der Waals surface area contributed by atoms with E-state index in [4.69, 9.17) is 0 Å². The summed E-state index contributed by atoms with van der Waals surface area (Å²) in [5.74, 6) is 0. The van der Waals surface area contributed by atoms with Crippen LogP contribution in [0.25, 0.3) is 0 Å². The van der Waals surface area contributed by atoms with E-state index in [-0.39, 0.29) is 37.4 Å². The van der Waals surface area contributed by atoms with Gasteiger partial charge in [0.1, 0.15) is 0 Å². The Labute approximate surface area is 64.2 Å². The second-order valence-corrected chi connectivity index (χ2v) is 0. The molecule has 0 heterocycles. The van der Waals surface area contributed by atoms with Crippen LogP contribution in [0.2, 0.25) is 4.94 Å². The molecule has 0 saturated carbocycles. The molecule has 3 heteroatoms. The van der Waals surface area contributed by atoms with Crippen molar-refractivity contribution in [3.8, 4) is 0 Å². The van der Waals surface area contributed by atoms with Crippen LogP contribution >= 0.6 is 0 Å². The molecule has 4 heavy (non-hydrogen) atoms. The van der Waals surface area contributed by atoms with Gasteiger partial charge in [0.2, 0.25) is 0 Å². The van der Waals surface area contributed by atoms with Crippen molar-refractivity contribution in [2.75, 3.05) is 0 Å². The van der Waals surface area contributed by atoms with Crippen LogP contribution in [0.3, 0.4) is 0 Å². The van der Waals surface area contributed by atoms with Crippen LogP contribution in [0.15, 0.2) is 0 Å². The summed E-state index contributed by atoms with van der Waals surface area (Å²) in [6.07, 6.45) is 0. The predicted molar refractivity (Wildman–Crippen MR) is 26.1 cm³/mol. The maximum Gasteiger partial charge on any atom is 0 e. The van der Waals surface area contributed by atoms with Crippen molar-refractivity contribution < 1.29 is 0 Å². The largest absolute Gasteiger partial charge is 0.813 e. The van der Waals surface area contributed by atoms with Crippen molar-refractivity contribution in [3.05, 3.63) is 0 Å². The number of hydrogen-bond donors (Lipinski definition) is 0. The van der Waals surface area contributed by atoms with Gasteiger partial charge >= 0.3 is 27.5 Å². The first kappa shape index (κ1) is 16.8. The fourth-order valence-electron chi connectivity index (χ4n) is 0. The third kappa shape index (κ3) is 9.04. The molecule has 0 fully saturated rings. The summed E-state index contributed by atoms with van der Waals surface area (Å²) in [5.41, 5.74) is 0. The fourth-order valence-corrected chi connectivity index (χ4v) is 0. The van der Waals surface area contributed by atoms with Gasteiger partial charge in [-0.1, -0.05) is 0 Å². The van der Waals surface area contributed by atoms with Crippen LogP contribution in [0, 0.1) is 0 Å². The molecule has 0 aromatic heterocycles. The van der Waals surface area contributed by atoms with Crippen LogP contribution in [0.1, 0.15) is 0 Å². The summed E-state index contributed by atoms with van der Waals surface area (Å²) >= 11 is 1.55. The Kier molecular flexibility index (Phi) is 85.2. The van der Waals surface area contributed by atoms with Gasteiger partial charge in [-0.3, -0.25) is 0 Å². The minimum atomic E-state index is 0. The summed E-state index contributed by atoms with van der Waals surface area (Å²) in [5, 5.41) is 0. The van der Waals surface area contributed by atoms with Crippen molar-refractivity contribution in [1.29, 1.82) is 0 Å². The average molecular weight is 286 g/mol. The van der Waals surface area contributed by atoms with Gasteiger partial charge in [0.15, 0.2) is 0 Å². The molecular formula is CH4SSn2. The first-order valence-corrected chi connectivity index (χ1v) is 3.35. The molecule has 0 unspecified atom stereocenters. The first-order chi connectivity index (χ1) is 1.00. The van der Waals surface area contributed by atoms with E-state index in [2.05, 4.69) is 4.94 Å². The van der Waals surface area contributed by atoms with Crippen LogP contribution in [0.5, 0.6) is 0 Å². The smallest absolute Gasteiger partial charge is 0 e. The first-order valence-electron chi connectivity index (χ1n) is 0.500. The third-order valence-corrected chi connectivity index (χ3v) is 0. The number of thiol groups is 1. The SMILES string of the molecule is [CH3][Sn+].[SH-].[Sn]. The topological polar surface area (TPSA) is 0 Å². The fraction of sp³-hybridized carbons (Fsp3) is 1.00. The molecule has 0 aromatic carbocycles. The molecule has 0 aliphatic rings. The Morgan fingerprint density at radius 3 is 1.25 bits per heavy atom. The van der Waals surface area contributed by atoms with Gasteiger partial charge in [-0.15, -0.1) is 0 Å². The summed E-state index contributed by atoms with van der Waals surface area (Å²) in [6, 6.07) is 0. The molecule has 0 saturated heterocycles. The average Bonchev–Trinajstić information content (AvgIpc) is 1.00. The van der Waals surface area contributed by atoms with Gasteiger partial charge in [-0.2, -0.15) is 0 Å².